The summed E-state index contributed by atoms with van der Waals surface area (Å²) in [7, 11) is -1.57. The predicted molar refractivity (Wildman–Crippen MR) is 287 cm³/mol. The Labute approximate surface area is 478 Å². The molecule has 35 nitrogen and oxygen atoms in total. The first kappa shape index (κ1) is 72.2. The largest absolute Gasteiger partial charge is 0.477 e. The normalized spacial score (nSPS) is 20.0. The summed E-state index contributed by atoms with van der Waals surface area (Å²) in [6.45, 7) is -0.474. The molecule has 0 aliphatic carbocycles. The lowest BCUT2D eigenvalue weighted by Gasteiger charge is -2.40. The average molecular weight is 1210 g/mol. The molecule has 0 spiro atoms. The van der Waals surface area contributed by atoms with Gasteiger partial charge in [-0.3, -0.25) is 9.59 Å². The number of aliphatic imine (C=N–C) groups is 2. The number of carboxylic acids is 2. The molecule has 10 atom stereocenters. The van der Waals surface area contributed by atoms with E-state index in [0.717, 1.165) is 40.1 Å². The van der Waals surface area contributed by atoms with Crippen molar-refractivity contribution >= 4 is 57.9 Å². The van der Waals surface area contributed by atoms with Gasteiger partial charge in [0.05, 0.1) is 116 Å². The van der Waals surface area contributed by atoms with Crippen LogP contribution in [0.5, 0.6) is 0 Å². The van der Waals surface area contributed by atoms with Crippen molar-refractivity contribution < 1.29 is 115 Å². The quantitative estimate of drug-likeness (QED) is 0.0117. The highest BCUT2D eigenvalue weighted by molar-refractivity contribution is 7.89. The van der Waals surface area contributed by atoms with Crippen LogP contribution in [0.3, 0.4) is 0 Å². The lowest BCUT2D eigenvalue weighted by Crippen LogP contribution is -2.61. The second-order valence-corrected chi connectivity index (χ2v) is 20.0. The maximum Gasteiger partial charge on any atom is 0.410 e. The van der Waals surface area contributed by atoms with E-state index in [1.54, 1.807) is 0 Å². The van der Waals surface area contributed by atoms with Crippen molar-refractivity contribution in [3.8, 4) is 12.3 Å². The predicted octanol–water partition coefficient (Wildman–Crippen LogP) is -7.04. The van der Waals surface area contributed by atoms with Crippen molar-refractivity contribution in [1.82, 2.24) is 24.7 Å². The number of hydrogen-bond donors (Lipinski definition) is 12. The summed E-state index contributed by atoms with van der Waals surface area (Å²) < 4.78 is 83.3. The van der Waals surface area contributed by atoms with Gasteiger partial charge in [0.25, 0.3) is 0 Å². The van der Waals surface area contributed by atoms with E-state index < -0.39 is 149 Å². The van der Waals surface area contributed by atoms with Gasteiger partial charge in [-0.1, -0.05) is 5.92 Å². The molecular formula is C47H79N11O24S. The molecule has 0 unspecified atom stereocenters. The lowest BCUT2D eigenvalue weighted by atomic mass is 9.92. The van der Waals surface area contributed by atoms with Crippen molar-refractivity contribution in [2.45, 2.75) is 74.6 Å². The number of carbonyl (C=O) groups is 6. The Morgan fingerprint density at radius 2 is 0.976 bits per heavy atom. The first-order valence-electron chi connectivity index (χ1n) is 25.5. The maximum absolute atomic E-state index is 13.7. The number of hydrogen-bond acceptors (Lipinski definition) is 24. The zero-order valence-corrected chi connectivity index (χ0v) is 47.2. The summed E-state index contributed by atoms with van der Waals surface area (Å²) in [6.07, 6.45) is -5.97. The second kappa shape index (κ2) is 38.1. The van der Waals surface area contributed by atoms with Gasteiger partial charge in [0.15, 0.2) is 36.3 Å². The van der Waals surface area contributed by atoms with Gasteiger partial charge in [0.2, 0.25) is 33.4 Å². The van der Waals surface area contributed by atoms with Crippen molar-refractivity contribution in [2.75, 3.05) is 139 Å². The topological polar surface area (TPSA) is 513 Å². The Hall–Kier alpha value is -6.89. The molecule has 2 aliphatic heterocycles. The van der Waals surface area contributed by atoms with Crippen LogP contribution >= 0.6 is 0 Å². The van der Waals surface area contributed by atoms with Crippen LogP contribution in [0.25, 0.3) is 0 Å². The summed E-state index contributed by atoms with van der Waals surface area (Å²) in [4.78, 5) is 85.0. The van der Waals surface area contributed by atoms with Crippen LogP contribution in [-0.2, 0) is 76.6 Å². The molecule has 0 bridgehead atoms. The van der Waals surface area contributed by atoms with E-state index in [4.69, 9.17) is 76.7 Å². The van der Waals surface area contributed by atoms with Gasteiger partial charge in [-0.15, -0.1) is 6.42 Å². The van der Waals surface area contributed by atoms with Gasteiger partial charge >= 0.3 is 24.1 Å². The van der Waals surface area contributed by atoms with Crippen LogP contribution in [0.15, 0.2) is 33.7 Å². The third-order valence-corrected chi connectivity index (χ3v) is 13.4. The number of aliphatic hydroxyl groups is 4. The number of nitrogens with two attached hydrogens (primary N) is 4. The zero-order chi connectivity index (χ0) is 62.2. The number of sulfonamides is 1. The van der Waals surface area contributed by atoms with E-state index in [1.165, 1.54) is 14.1 Å². The number of aliphatic carboxylic acids is 2. The minimum Gasteiger partial charge on any atom is -0.477 e. The molecule has 0 aromatic rings. The van der Waals surface area contributed by atoms with Crippen LogP contribution in [-0.4, -0.2) is 300 Å². The van der Waals surface area contributed by atoms with Crippen LogP contribution in [0.1, 0.15) is 13.8 Å². The van der Waals surface area contributed by atoms with Crippen LogP contribution < -0.4 is 33.6 Å². The standard InChI is InChI=1S/C47H79N11O24S/c1-6-11-73-16-17-76-18-19-77-20-21-78-22-23-83(71,72)58(9-14-74-12-7-56(4)46(69)81-38(32(63)26-59)40-36(52-28(2)61)30(54-44(48)49)24-34(79-40)42(65)66)10-15-75-13-8-57(5)47(70)82-39(33(64)27-60)41-37(53-29(3)62)31(55-45(50)51)25-35(80-41)43(67)68/h1,24-25,30-33,36-41,59-60,63-64H,7-23,26-27H2,2-5H3,(H,52,61)(H,53,62)(H,65,66)(H,67,68)(H4,48,49,54)(H4,50,51,55)/t30-,31-,32+,33+,36+,37+,38+,39+,40+,41+/m0/s1. The van der Waals surface area contributed by atoms with E-state index in [1.807, 2.05) is 0 Å². The van der Waals surface area contributed by atoms with E-state index in [0.29, 0.717) is 13.2 Å². The zero-order valence-electron chi connectivity index (χ0n) is 46.4. The fraction of sp³-hybridized carbons (Fsp3) is 0.702. The molecule has 36 heteroatoms. The summed E-state index contributed by atoms with van der Waals surface area (Å²) in [5.74, 6) is -5.14. The van der Waals surface area contributed by atoms with Crippen molar-refractivity contribution in [3.63, 3.8) is 0 Å². The highest BCUT2D eigenvalue weighted by Gasteiger charge is 2.48. The highest BCUT2D eigenvalue weighted by Crippen LogP contribution is 2.29. The van der Waals surface area contributed by atoms with Gasteiger partial charge in [-0.25, -0.2) is 37.6 Å². The average Bonchev–Trinajstić information content (AvgIpc) is 3.49. The fourth-order valence-corrected chi connectivity index (χ4v) is 8.83. The first-order chi connectivity index (χ1) is 39.3. The number of amides is 4. The SMILES string of the molecule is C#CCOCCOCCOCCOCCS(=O)(=O)N(CCOCCN(C)C(=O)O[C@@H]([C@@H]1OC(C(=O)O)=C[C@H](N=C(N)N)[C@H]1NC(C)=O)[C@H](O)CO)CCOCCN(C)C(=O)O[C@@H]([C@@H]1OC(C(=O)O)=C[C@H](N=C(N)N)[C@H]1NC(C)=O)[C@H](O)CO. The second-order valence-electron chi connectivity index (χ2n) is 18.0. The number of nitrogens with zero attached hydrogens (tertiary/aromatic N) is 5. The minimum absolute atomic E-state index is 0.0449. The molecular weight excluding hydrogens is 1130 g/mol. The van der Waals surface area contributed by atoms with Crippen LogP contribution in [0, 0.1) is 12.3 Å². The van der Waals surface area contributed by atoms with Crippen molar-refractivity contribution in [1.29, 1.82) is 0 Å². The number of aliphatic hydroxyl groups excluding tert-OH is 4. The lowest BCUT2D eigenvalue weighted by molar-refractivity contribution is -0.147. The summed E-state index contributed by atoms with van der Waals surface area (Å²) in [6, 6.07) is -5.26. The Kier molecular flexibility index (Phi) is 33.1. The molecule has 4 amide bonds. The third-order valence-electron chi connectivity index (χ3n) is 11.5. The molecule has 0 saturated heterocycles. The molecule has 0 fully saturated rings. The monoisotopic (exact) mass is 1210 g/mol. The number of terminal acetylenes is 1. The molecule has 0 radical (unpaired) electrons. The van der Waals surface area contributed by atoms with E-state index in [9.17, 15) is 67.8 Å². The fourth-order valence-electron chi connectivity index (χ4n) is 7.54. The third kappa shape index (κ3) is 26.5. The number of nitrogens with one attached hydrogen (secondary N) is 2. The number of carboxylic acid groups (broad SMARTS) is 2. The van der Waals surface area contributed by atoms with Gasteiger partial charge < -0.3 is 121 Å². The molecule has 16 N–H and O–H groups in total. The number of ether oxygens (including phenoxy) is 10. The summed E-state index contributed by atoms with van der Waals surface area (Å²) in [5.41, 5.74) is 22.2. The van der Waals surface area contributed by atoms with E-state index >= 15 is 0 Å². The molecule has 472 valence electrons. The van der Waals surface area contributed by atoms with Crippen molar-refractivity contribution in [3.05, 3.63) is 23.7 Å². The molecule has 0 aromatic carbocycles. The van der Waals surface area contributed by atoms with Crippen LogP contribution in [0.4, 0.5) is 9.59 Å². The van der Waals surface area contributed by atoms with Crippen molar-refractivity contribution in [2.24, 2.45) is 32.9 Å². The van der Waals surface area contributed by atoms with E-state index in [-0.39, 0.29) is 92.2 Å². The Bertz CT molecular complexity index is 2230. The molecule has 0 aromatic heterocycles. The summed E-state index contributed by atoms with van der Waals surface area (Å²) >= 11 is 0. The van der Waals surface area contributed by atoms with Gasteiger partial charge in [-0.2, -0.15) is 4.31 Å². The molecule has 2 rings (SSSR count). The van der Waals surface area contributed by atoms with Gasteiger partial charge in [0, 0.05) is 54.1 Å². The Balaban J connectivity index is 2.14. The number of guanidine groups is 2. The van der Waals surface area contributed by atoms with Gasteiger partial charge in [0.1, 0.15) is 18.8 Å². The van der Waals surface area contributed by atoms with Gasteiger partial charge in [-0.05, 0) is 12.2 Å². The molecule has 0 saturated carbocycles. The smallest absolute Gasteiger partial charge is 0.410 e. The molecule has 2 aliphatic rings. The maximum atomic E-state index is 13.7. The number of carbonyl (C=O) groups excluding carboxylic acids is 4. The number of rotatable bonds is 40. The van der Waals surface area contributed by atoms with Crippen LogP contribution in [0.2, 0.25) is 0 Å². The highest BCUT2D eigenvalue weighted by atomic mass is 32.2. The Morgan fingerprint density at radius 1 is 0.627 bits per heavy atom. The minimum atomic E-state index is -4.10. The first-order valence-corrected chi connectivity index (χ1v) is 27.1. The Morgan fingerprint density at radius 3 is 1.31 bits per heavy atom. The molecule has 2 heterocycles. The van der Waals surface area contributed by atoms with E-state index in [2.05, 4.69) is 26.5 Å². The summed E-state index contributed by atoms with van der Waals surface area (Å²) in [5, 5.41) is 65.8. The number of likely N-dealkylation sites (N-methyl/N-ethyl adjacent to an activating group) is 2. The molecule has 83 heavy (non-hydrogen) atoms.